The summed E-state index contributed by atoms with van der Waals surface area (Å²) in [7, 11) is 4.15. The Labute approximate surface area is 129 Å². The first-order valence-electron chi connectivity index (χ1n) is 7.39. The van der Waals surface area contributed by atoms with Gasteiger partial charge in [0.25, 0.3) is 0 Å². The molecule has 0 saturated carbocycles. The van der Waals surface area contributed by atoms with E-state index >= 15 is 0 Å². The Morgan fingerprint density at radius 1 is 1.33 bits per heavy atom. The highest BCUT2D eigenvalue weighted by Crippen LogP contribution is 2.22. The molecule has 0 N–H and O–H groups in total. The Morgan fingerprint density at radius 2 is 2.14 bits per heavy atom. The zero-order valence-corrected chi connectivity index (χ0v) is 13.4. The maximum atomic E-state index is 12.7. The summed E-state index contributed by atoms with van der Waals surface area (Å²) in [4.78, 5) is 21.7. The molecular weight excluding hydrogens is 282 g/mol. The number of thiazole rings is 1. The van der Waals surface area contributed by atoms with Gasteiger partial charge in [-0.05, 0) is 45.7 Å². The molecule has 1 aromatic heterocycles. The molecule has 0 aliphatic carbocycles. The molecule has 0 radical (unpaired) electrons. The molecule has 5 heteroatoms. The molecule has 2 aromatic rings. The smallest absolute Gasteiger partial charge is 0.158 e. The van der Waals surface area contributed by atoms with Gasteiger partial charge in [-0.25, -0.2) is 4.98 Å². The summed E-state index contributed by atoms with van der Waals surface area (Å²) < 4.78 is 1.16. The van der Waals surface area contributed by atoms with Gasteiger partial charge in [-0.2, -0.15) is 0 Å². The highest BCUT2D eigenvalue weighted by atomic mass is 32.1. The number of carbonyl (C=O) groups is 1. The largest absolute Gasteiger partial charge is 0.304 e. The lowest BCUT2D eigenvalue weighted by atomic mass is 10.1. The van der Waals surface area contributed by atoms with E-state index in [4.69, 9.17) is 0 Å². The molecule has 1 unspecified atom stereocenters. The first-order valence-corrected chi connectivity index (χ1v) is 8.21. The molecule has 3 rings (SSSR count). The Hall–Kier alpha value is -1.30. The molecule has 1 aliphatic rings. The number of hydrogen-bond acceptors (Lipinski definition) is 5. The van der Waals surface area contributed by atoms with Crippen LogP contribution in [0.3, 0.4) is 0 Å². The molecule has 4 nitrogen and oxygen atoms in total. The topological polar surface area (TPSA) is 36.4 Å². The molecular formula is C16H21N3OS. The van der Waals surface area contributed by atoms with Crippen molar-refractivity contribution in [3.05, 3.63) is 29.3 Å². The maximum absolute atomic E-state index is 12.7. The number of rotatable bonds is 3. The third-order valence-electron chi connectivity index (χ3n) is 4.10. The maximum Gasteiger partial charge on any atom is 0.158 e. The van der Waals surface area contributed by atoms with Crippen molar-refractivity contribution in [3.63, 3.8) is 0 Å². The second-order valence-electron chi connectivity index (χ2n) is 5.83. The van der Waals surface area contributed by atoms with Gasteiger partial charge in [0.15, 0.2) is 5.78 Å². The Bertz CT molecular complexity index is 606. The summed E-state index contributed by atoms with van der Waals surface area (Å²) in [5, 5.41) is 0.932. The molecule has 1 aromatic carbocycles. The van der Waals surface area contributed by atoms with Gasteiger partial charge in [-0.15, -0.1) is 11.3 Å². The van der Waals surface area contributed by atoms with Gasteiger partial charge in [0.1, 0.15) is 5.01 Å². The minimum absolute atomic E-state index is 0.00971. The van der Waals surface area contributed by atoms with Crippen LogP contribution in [0.4, 0.5) is 0 Å². The molecule has 2 heterocycles. The third-order valence-corrected chi connectivity index (χ3v) is 5.14. The van der Waals surface area contributed by atoms with E-state index in [0.29, 0.717) is 6.42 Å². The molecule has 21 heavy (non-hydrogen) atoms. The van der Waals surface area contributed by atoms with Crippen molar-refractivity contribution in [1.29, 1.82) is 0 Å². The van der Waals surface area contributed by atoms with Crippen LogP contribution in [0.5, 0.6) is 0 Å². The number of fused-ring (bicyclic) bond motifs is 1. The number of likely N-dealkylation sites (N-methyl/N-ethyl adjacent to an activating group) is 2. The van der Waals surface area contributed by atoms with Crippen LogP contribution in [0.15, 0.2) is 24.3 Å². The van der Waals surface area contributed by atoms with E-state index in [2.05, 4.69) is 34.9 Å². The predicted octanol–water partition coefficient (Wildman–Crippen LogP) is 2.04. The SMILES string of the molecule is CN1CCCN(C)C(C(=O)Cc2nc3ccccc3s2)C1. The first kappa shape index (κ1) is 14.6. The molecule has 1 aliphatic heterocycles. The van der Waals surface area contributed by atoms with Crippen LogP contribution in [-0.4, -0.2) is 60.3 Å². The van der Waals surface area contributed by atoms with Gasteiger partial charge in [-0.1, -0.05) is 12.1 Å². The zero-order valence-electron chi connectivity index (χ0n) is 12.6. The monoisotopic (exact) mass is 303 g/mol. The van der Waals surface area contributed by atoms with E-state index < -0.39 is 0 Å². The number of aromatic nitrogens is 1. The summed E-state index contributed by atoms with van der Waals surface area (Å²) in [6.45, 7) is 2.87. The fourth-order valence-electron chi connectivity index (χ4n) is 2.88. The van der Waals surface area contributed by atoms with Gasteiger partial charge >= 0.3 is 0 Å². The molecule has 1 saturated heterocycles. The van der Waals surface area contributed by atoms with E-state index in [-0.39, 0.29) is 11.8 Å². The Kier molecular flexibility index (Phi) is 4.33. The molecule has 1 atom stereocenters. The highest BCUT2D eigenvalue weighted by Gasteiger charge is 2.27. The molecule has 1 fully saturated rings. The summed E-state index contributed by atoms with van der Waals surface area (Å²) in [6.07, 6.45) is 1.57. The average molecular weight is 303 g/mol. The number of ketones is 1. The van der Waals surface area contributed by atoms with Gasteiger partial charge in [0, 0.05) is 6.54 Å². The fourth-order valence-corrected chi connectivity index (χ4v) is 3.86. The van der Waals surface area contributed by atoms with Crippen molar-refractivity contribution in [2.45, 2.75) is 18.9 Å². The highest BCUT2D eigenvalue weighted by molar-refractivity contribution is 7.18. The number of nitrogens with zero attached hydrogens (tertiary/aromatic N) is 3. The summed E-state index contributed by atoms with van der Waals surface area (Å²) in [6, 6.07) is 8.06. The van der Waals surface area contributed by atoms with Crippen LogP contribution < -0.4 is 0 Å². The second-order valence-corrected chi connectivity index (χ2v) is 6.95. The van der Waals surface area contributed by atoms with Crippen LogP contribution in [-0.2, 0) is 11.2 Å². The van der Waals surface area contributed by atoms with Crippen molar-refractivity contribution in [2.24, 2.45) is 0 Å². The average Bonchev–Trinajstić information content (AvgIpc) is 2.78. The van der Waals surface area contributed by atoms with E-state index in [0.717, 1.165) is 41.3 Å². The lowest BCUT2D eigenvalue weighted by Gasteiger charge is -2.25. The van der Waals surface area contributed by atoms with Crippen LogP contribution in [0.25, 0.3) is 10.2 Å². The van der Waals surface area contributed by atoms with E-state index in [1.807, 2.05) is 18.2 Å². The van der Waals surface area contributed by atoms with Crippen molar-refractivity contribution < 1.29 is 4.79 Å². The van der Waals surface area contributed by atoms with Gasteiger partial charge < -0.3 is 4.90 Å². The minimum Gasteiger partial charge on any atom is -0.304 e. The van der Waals surface area contributed by atoms with E-state index in [9.17, 15) is 4.79 Å². The standard InChI is InChI=1S/C16H21N3OS/c1-18-8-5-9-19(2)13(11-18)14(20)10-16-17-12-6-3-4-7-15(12)21-16/h3-4,6-7,13H,5,8-11H2,1-2H3. The fraction of sp³-hybridized carbons (Fsp3) is 0.500. The molecule has 0 bridgehead atoms. The number of benzene rings is 1. The summed E-state index contributed by atoms with van der Waals surface area (Å²) in [5.41, 5.74) is 0.997. The predicted molar refractivity (Wildman–Crippen MR) is 86.9 cm³/mol. The Balaban J connectivity index is 1.75. The molecule has 0 spiro atoms. The third kappa shape index (κ3) is 3.31. The number of hydrogen-bond donors (Lipinski definition) is 0. The lowest BCUT2D eigenvalue weighted by Crippen LogP contribution is -2.44. The van der Waals surface area contributed by atoms with E-state index in [1.54, 1.807) is 11.3 Å². The van der Waals surface area contributed by atoms with Crippen LogP contribution >= 0.6 is 11.3 Å². The van der Waals surface area contributed by atoms with Crippen LogP contribution in [0.2, 0.25) is 0 Å². The second kappa shape index (κ2) is 6.22. The van der Waals surface area contributed by atoms with Crippen molar-refractivity contribution in [2.75, 3.05) is 33.7 Å². The minimum atomic E-state index is -0.00971. The van der Waals surface area contributed by atoms with Crippen molar-refractivity contribution in [1.82, 2.24) is 14.8 Å². The quantitative estimate of drug-likeness (QED) is 0.869. The zero-order chi connectivity index (χ0) is 14.8. The van der Waals surface area contributed by atoms with Gasteiger partial charge in [0.2, 0.25) is 0 Å². The van der Waals surface area contributed by atoms with Gasteiger partial charge in [-0.3, -0.25) is 9.69 Å². The Morgan fingerprint density at radius 3 is 2.95 bits per heavy atom. The number of carbonyl (C=O) groups excluding carboxylic acids is 1. The lowest BCUT2D eigenvalue weighted by molar-refractivity contribution is -0.123. The van der Waals surface area contributed by atoms with Crippen molar-refractivity contribution in [3.8, 4) is 0 Å². The van der Waals surface area contributed by atoms with Crippen LogP contribution in [0, 0.1) is 0 Å². The van der Waals surface area contributed by atoms with E-state index in [1.165, 1.54) is 0 Å². The molecule has 112 valence electrons. The summed E-state index contributed by atoms with van der Waals surface area (Å²) in [5.74, 6) is 0.283. The number of para-hydroxylation sites is 1. The number of Topliss-reactive ketones (excluding diaryl/α,β-unsaturated/α-hetero) is 1. The van der Waals surface area contributed by atoms with Gasteiger partial charge in [0.05, 0.1) is 22.7 Å². The summed E-state index contributed by atoms with van der Waals surface area (Å²) >= 11 is 1.63. The van der Waals surface area contributed by atoms with Crippen LogP contribution in [0.1, 0.15) is 11.4 Å². The van der Waals surface area contributed by atoms with Crippen molar-refractivity contribution >= 4 is 27.3 Å². The first-order chi connectivity index (χ1) is 10.1. The normalized spacial score (nSPS) is 21.5. The molecule has 0 amide bonds.